The molecule has 6 heteroatoms. The maximum atomic E-state index is 12.2. The summed E-state index contributed by atoms with van der Waals surface area (Å²) in [7, 11) is 0. The van der Waals surface area contributed by atoms with Crippen molar-refractivity contribution in [2.24, 2.45) is 16.6 Å². The molecule has 0 aromatic rings. The number of rotatable bonds is 6. The van der Waals surface area contributed by atoms with E-state index in [4.69, 9.17) is 15.6 Å². The van der Waals surface area contributed by atoms with E-state index in [9.17, 15) is 14.4 Å². The number of aliphatic carboxylic acids is 1. The zero-order chi connectivity index (χ0) is 17.0. The number of carbonyl (C=O) groups excluding carboxylic acids is 2. The highest BCUT2D eigenvalue weighted by molar-refractivity contribution is 5.89. The van der Waals surface area contributed by atoms with Crippen molar-refractivity contribution in [3.8, 4) is 0 Å². The van der Waals surface area contributed by atoms with E-state index >= 15 is 0 Å². The lowest BCUT2D eigenvalue weighted by Gasteiger charge is -2.30. The van der Waals surface area contributed by atoms with Gasteiger partial charge in [-0.25, -0.2) is 0 Å². The van der Waals surface area contributed by atoms with Gasteiger partial charge in [0.1, 0.15) is 12.1 Å². The van der Waals surface area contributed by atoms with E-state index in [0.717, 1.165) is 0 Å². The fraction of sp³-hybridized carbons (Fsp3) is 0.800. The summed E-state index contributed by atoms with van der Waals surface area (Å²) >= 11 is 0. The number of carboxylic acid groups (broad SMARTS) is 1. The molecule has 6 nitrogen and oxygen atoms in total. The number of esters is 1. The normalized spacial score (nSPS) is 15.2. The predicted octanol–water partition coefficient (Wildman–Crippen LogP) is 1.75. The summed E-state index contributed by atoms with van der Waals surface area (Å²) in [4.78, 5) is 34.9. The molecule has 0 rings (SSSR count). The number of ketones is 1. The summed E-state index contributed by atoms with van der Waals surface area (Å²) in [5, 5.41) is 8.77. The Kier molecular flexibility index (Phi) is 6.54. The molecule has 0 radical (unpaired) electrons. The maximum absolute atomic E-state index is 12.2. The maximum Gasteiger partial charge on any atom is 0.311 e. The van der Waals surface area contributed by atoms with Gasteiger partial charge in [0.2, 0.25) is 0 Å². The van der Waals surface area contributed by atoms with Gasteiger partial charge in [0.25, 0.3) is 0 Å². The minimum atomic E-state index is -1.03. The van der Waals surface area contributed by atoms with E-state index in [1.165, 1.54) is 0 Å². The molecule has 0 saturated heterocycles. The molecular weight excluding hydrogens is 274 g/mol. The van der Waals surface area contributed by atoms with Crippen LogP contribution in [0.5, 0.6) is 0 Å². The first-order valence-corrected chi connectivity index (χ1v) is 6.99. The number of hydrogen-bond acceptors (Lipinski definition) is 5. The van der Waals surface area contributed by atoms with Crippen LogP contribution in [-0.2, 0) is 19.1 Å². The summed E-state index contributed by atoms with van der Waals surface area (Å²) in [5.74, 6) is -1.79. The van der Waals surface area contributed by atoms with Crippen LogP contribution in [0.3, 0.4) is 0 Å². The van der Waals surface area contributed by atoms with Gasteiger partial charge in [-0.15, -0.1) is 0 Å². The van der Waals surface area contributed by atoms with Crippen molar-refractivity contribution >= 4 is 17.7 Å². The molecule has 0 amide bonds. The van der Waals surface area contributed by atoms with Gasteiger partial charge in [-0.3, -0.25) is 14.4 Å². The number of carbonyl (C=O) groups is 3. The smallest absolute Gasteiger partial charge is 0.311 e. The third kappa shape index (κ3) is 6.71. The third-order valence-corrected chi connectivity index (χ3v) is 2.96. The Morgan fingerprint density at radius 2 is 1.52 bits per heavy atom. The van der Waals surface area contributed by atoms with Gasteiger partial charge >= 0.3 is 11.9 Å². The van der Waals surface area contributed by atoms with Crippen LogP contribution < -0.4 is 5.73 Å². The van der Waals surface area contributed by atoms with E-state index < -0.39 is 34.9 Å². The number of Topliss-reactive ketones (excluding diaryl/α,β-unsaturated/α-hetero) is 1. The first-order chi connectivity index (χ1) is 9.26. The number of hydrogen-bond donors (Lipinski definition) is 2. The summed E-state index contributed by atoms with van der Waals surface area (Å²) in [6, 6.07) is -1.03. The van der Waals surface area contributed by atoms with Crippen LogP contribution in [0.4, 0.5) is 0 Å². The highest BCUT2D eigenvalue weighted by Crippen LogP contribution is 2.23. The van der Waals surface area contributed by atoms with Crippen LogP contribution in [0.1, 0.15) is 54.4 Å². The molecule has 0 heterocycles. The second-order valence-corrected chi connectivity index (χ2v) is 7.27. The van der Waals surface area contributed by atoms with Crippen LogP contribution in [0.2, 0.25) is 0 Å². The average molecular weight is 301 g/mol. The molecule has 0 fully saturated rings. The van der Waals surface area contributed by atoms with Gasteiger partial charge in [-0.2, -0.15) is 0 Å². The molecule has 0 bridgehead atoms. The zero-order valence-electron chi connectivity index (χ0n) is 13.7. The van der Waals surface area contributed by atoms with Crippen LogP contribution >= 0.6 is 0 Å². The molecule has 21 heavy (non-hydrogen) atoms. The third-order valence-electron chi connectivity index (χ3n) is 2.96. The standard InChI is InChI=1S/C15H27NO5/c1-14(2,3)12(19)11(16)9(7-8-10(17)18)21-13(20)15(4,5)6/h9,11H,7-8,16H2,1-6H3,(H,17,18). The van der Waals surface area contributed by atoms with Crippen molar-refractivity contribution < 1.29 is 24.2 Å². The lowest BCUT2D eigenvalue weighted by atomic mass is 9.84. The van der Waals surface area contributed by atoms with E-state index in [0.29, 0.717) is 0 Å². The van der Waals surface area contributed by atoms with Crippen molar-refractivity contribution in [3.05, 3.63) is 0 Å². The highest BCUT2D eigenvalue weighted by Gasteiger charge is 2.36. The highest BCUT2D eigenvalue weighted by atomic mass is 16.5. The van der Waals surface area contributed by atoms with Gasteiger partial charge in [0, 0.05) is 11.8 Å². The van der Waals surface area contributed by atoms with Gasteiger partial charge in [-0.05, 0) is 27.2 Å². The van der Waals surface area contributed by atoms with Gasteiger partial charge < -0.3 is 15.6 Å². The monoisotopic (exact) mass is 301 g/mol. The number of nitrogens with two attached hydrogens (primary N) is 1. The quantitative estimate of drug-likeness (QED) is 0.724. The topological polar surface area (TPSA) is 107 Å². The largest absolute Gasteiger partial charge is 0.481 e. The van der Waals surface area contributed by atoms with Crippen LogP contribution in [0.25, 0.3) is 0 Å². The van der Waals surface area contributed by atoms with Crippen molar-refractivity contribution in [1.29, 1.82) is 0 Å². The van der Waals surface area contributed by atoms with Gasteiger partial charge in [0.05, 0.1) is 5.41 Å². The summed E-state index contributed by atoms with van der Waals surface area (Å²) in [6.45, 7) is 10.2. The fourth-order valence-electron chi connectivity index (χ4n) is 1.56. The van der Waals surface area contributed by atoms with E-state index in [1.54, 1.807) is 41.5 Å². The Morgan fingerprint density at radius 1 is 1.05 bits per heavy atom. The number of ether oxygens (including phenoxy) is 1. The Labute approximate surface area is 126 Å². The molecule has 0 saturated carbocycles. The molecule has 0 aromatic heterocycles. The first kappa shape index (κ1) is 19.6. The van der Waals surface area contributed by atoms with Crippen LogP contribution in [-0.4, -0.2) is 35.0 Å². The molecule has 0 spiro atoms. The fourth-order valence-corrected chi connectivity index (χ4v) is 1.56. The van der Waals surface area contributed by atoms with E-state index in [-0.39, 0.29) is 18.6 Å². The second-order valence-electron chi connectivity index (χ2n) is 7.27. The molecule has 0 aromatic carbocycles. The lowest BCUT2D eigenvalue weighted by Crippen LogP contribution is -2.49. The molecule has 0 aliphatic carbocycles. The van der Waals surface area contributed by atoms with E-state index in [2.05, 4.69) is 0 Å². The summed E-state index contributed by atoms with van der Waals surface area (Å²) in [6.07, 6.45) is -1.13. The van der Waals surface area contributed by atoms with Crippen molar-refractivity contribution in [2.45, 2.75) is 66.5 Å². The molecule has 2 unspecified atom stereocenters. The minimum absolute atomic E-state index is 0.0140. The molecule has 122 valence electrons. The van der Waals surface area contributed by atoms with Crippen LogP contribution in [0, 0.1) is 10.8 Å². The Bertz CT molecular complexity index is 403. The molecule has 2 atom stereocenters. The van der Waals surface area contributed by atoms with Gasteiger partial charge in [-0.1, -0.05) is 20.8 Å². The average Bonchev–Trinajstić information content (AvgIpc) is 2.29. The second kappa shape index (κ2) is 7.02. The van der Waals surface area contributed by atoms with E-state index in [1.807, 2.05) is 0 Å². The predicted molar refractivity (Wildman–Crippen MR) is 78.6 cm³/mol. The summed E-state index contributed by atoms with van der Waals surface area (Å²) in [5.41, 5.74) is 4.48. The molecule has 0 aliphatic rings. The first-order valence-electron chi connectivity index (χ1n) is 6.99. The van der Waals surface area contributed by atoms with Crippen molar-refractivity contribution in [1.82, 2.24) is 0 Å². The van der Waals surface area contributed by atoms with Crippen molar-refractivity contribution in [3.63, 3.8) is 0 Å². The van der Waals surface area contributed by atoms with Gasteiger partial charge in [0.15, 0.2) is 5.78 Å². The Hall–Kier alpha value is -1.43. The lowest BCUT2D eigenvalue weighted by molar-refractivity contribution is -0.162. The Morgan fingerprint density at radius 3 is 1.86 bits per heavy atom. The minimum Gasteiger partial charge on any atom is -0.481 e. The Balaban J connectivity index is 5.09. The molecule has 3 N–H and O–H groups in total. The van der Waals surface area contributed by atoms with Crippen molar-refractivity contribution in [2.75, 3.05) is 0 Å². The summed E-state index contributed by atoms with van der Waals surface area (Å²) < 4.78 is 5.30. The molecular formula is C15H27NO5. The molecule has 0 aliphatic heterocycles. The number of carboxylic acids is 1. The zero-order valence-corrected chi connectivity index (χ0v) is 13.7. The van der Waals surface area contributed by atoms with Crippen LogP contribution in [0.15, 0.2) is 0 Å². The SMILES string of the molecule is CC(C)(C)C(=O)OC(CCC(=O)O)C(N)C(=O)C(C)(C)C.